The summed E-state index contributed by atoms with van der Waals surface area (Å²) in [5.74, 6) is 0.903. The van der Waals surface area contributed by atoms with Crippen molar-refractivity contribution in [3.05, 3.63) is 46.7 Å². The molecule has 3 aliphatic rings. The van der Waals surface area contributed by atoms with Crippen LogP contribution in [0.5, 0.6) is 11.5 Å². The lowest BCUT2D eigenvalue weighted by Crippen LogP contribution is -2.54. The zero-order chi connectivity index (χ0) is 17.1. The van der Waals surface area contributed by atoms with E-state index in [1.807, 2.05) is 12.1 Å². The van der Waals surface area contributed by atoms with Gasteiger partial charge in [0.1, 0.15) is 0 Å². The number of phenols is 1. The maximum atomic E-state index is 12.4. The molecule has 0 radical (unpaired) electrons. The Labute approximate surface area is 141 Å². The van der Waals surface area contributed by atoms with Crippen molar-refractivity contribution in [2.45, 2.75) is 24.3 Å². The molecule has 1 aromatic carbocycles. The molecule has 1 aromatic rings. The first-order valence-corrected chi connectivity index (χ1v) is 8.14. The van der Waals surface area contributed by atoms with Crippen molar-refractivity contribution < 1.29 is 19.4 Å². The van der Waals surface area contributed by atoms with Gasteiger partial charge in [0.15, 0.2) is 17.3 Å². The molecule has 0 aromatic heterocycles. The predicted octanol–water partition coefficient (Wildman–Crippen LogP) is 1.94. The SMILES string of the molecule is COC1=CC23CCN(C)C(Cc4ccc(O)c(OC)c42)C3=CC1=O. The molecular formula is C19H21NO4. The quantitative estimate of drug-likeness (QED) is 0.899. The van der Waals surface area contributed by atoms with Crippen LogP contribution < -0.4 is 4.74 Å². The normalized spacial score (nSPS) is 28.5. The minimum absolute atomic E-state index is 0.0917. The van der Waals surface area contributed by atoms with Crippen LogP contribution in [0.3, 0.4) is 0 Å². The van der Waals surface area contributed by atoms with E-state index < -0.39 is 5.41 Å². The summed E-state index contributed by atoms with van der Waals surface area (Å²) in [5, 5.41) is 10.3. The van der Waals surface area contributed by atoms with E-state index >= 15 is 0 Å². The van der Waals surface area contributed by atoms with Gasteiger partial charge in [0, 0.05) is 17.0 Å². The fraction of sp³-hybridized carbons (Fsp3) is 0.421. The van der Waals surface area contributed by atoms with Crippen molar-refractivity contribution >= 4 is 5.78 Å². The first-order chi connectivity index (χ1) is 11.5. The van der Waals surface area contributed by atoms with Crippen molar-refractivity contribution in [2.24, 2.45) is 0 Å². The van der Waals surface area contributed by atoms with E-state index in [0.717, 1.165) is 36.1 Å². The van der Waals surface area contributed by atoms with Crippen LogP contribution in [0.15, 0.2) is 35.6 Å². The van der Waals surface area contributed by atoms with E-state index in [9.17, 15) is 9.90 Å². The van der Waals surface area contributed by atoms with Gasteiger partial charge < -0.3 is 14.6 Å². The number of piperidine rings is 1. The summed E-state index contributed by atoms with van der Waals surface area (Å²) in [7, 11) is 5.19. The van der Waals surface area contributed by atoms with E-state index in [4.69, 9.17) is 9.47 Å². The fourth-order valence-electron chi connectivity index (χ4n) is 4.53. The molecule has 1 fully saturated rings. The number of likely N-dealkylation sites (tertiary alicyclic amines) is 1. The molecule has 2 bridgehead atoms. The van der Waals surface area contributed by atoms with Gasteiger partial charge in [0.05, 0.1) is 14.2 Å². The summed E-state index contributed by atoms with van der Waals surface area (Å²) >= 11 is 0. The van der Waals surface area contributed by atoms with Crippen LogP contribution in [0.1, 0.15) is 17.5 Å². The highest BCUT2D eigenvalue weighted by Gasteiger charge is 2.52. The third kappa shape index (κ3) is 1.82. The molecule has 0 spiro atoms. The van der Waals surface area contributed by atoms with Gasteiger partial charge >= 0.3 is 0 Å². The predicted molar refractivity (Wildman–Crippen MR) is 89.3 cm³/mol. The molecular weight excluding hydrogens is 306 g/mol. The largest absolute Gasteiger partial charge is 0.504 e. The summed E-state index contributed by atoms with van der Waals surface area (Å²) in [4.78, 5) is 14.7. The van der Waals surface area contributed by atoms with Crippen molar-refractivity contribution in [1.29, 1.82) is 0 Å². The van der Waals surface area contributed by atoms with Crippen molar-refractivity contribution in [1.82, 2.24) is 4.90 Å². The van der Waals surface area contributed by atoms with Gasteiger partial charge in [-0.1, -0.05) is 6.07 Å². The second-order valence-electron chi connectivity index (χ2n) is 6.75. The molecule has 5 nitrogen and oxygen atoms in total. The van der Waals surface area contributed by atoms with E-state index in [1.165, 1.54) is 7.11 Å². The second-order valence-corrected chi connectivity index (χ2v) is 6.75. The van der Waals surface area contributed by atoms with Crippen LogP contribution in [0.2, 0.25) is 0 Å². The molecule has 1 aliphatic heterocycles. The van der Waals surface area contributed by atoms with Gasteiger partial charge in [0.2, 0.25) is 5.78 Å². The van der Waals surface area contributed by atoms with E-state index in [0.29, 0.717) is 11.5 Å². The number of ether oxygens (including phenoxy) is 2. The summed E-state index contributed by atoms with van der Waals surface area (Å²) in [6.07, 6.45) is 5.29. The minimum atomic E-state index is -0.450. The van der Waals surface area contributed by atoms with Gasteiger partial charge in [0.25, 0.3) is 0 Å². The van der Waals surface area contributed by atoms with Crippen molar-refractivity contribution in [2.75, 3.05) is 27.8 Å². The molecule has 5 heteroatoms. The Kier molecular flexibility index (Phi) is 3.25. The van der Waals surface area contributed by atoms with E-state index in [-0.39, 0.29) is 17.6 Å². The summed E-state index contributed by atoms with van der Waals surface area (Å²) in [6, 6.07) is 3.83. The van der Waals surface area contributed by atoms with Crippen molar-refractivity contribution in [3.8, 4) is 11.5 Å². The molecule has 0 saturated carbocycles. The molecule has 4 rings (SSSR count). The Hall–Kier alpha value is -2.27. The average molecular weight is 327 g/mol. The first-order valence-electron chi connectivity index (χ1n) is 8.14. The monoisotopic (exact) mass is 327 g/mol. The standard InChI is InChI=1S/C19H21NO4/c1-20-7-6-19-10-16(23-2)15(22)9-12(19)13(20)8-11-4-5-14(21)18(24-3)17(11)19/h4-5,9-10,13,21H,6-8H2,1-3H3. The summed E-state index contributed by atoms with van der Waals surface area (Å²) in [5.41, 5.74) is 2.76. The lowest BCUT2D eigenvalue weighted by molar-refractivity contribution is -0.114. The van der Waals surface area contributed by atoms with Crippen LogP contribution in [0, 0.1) is 0 Å². The highest BCUT2D eigenvalue weighted by atomic mass is 16.5. The smallest absolute Gasteiger partial charge is 0.220 e. The van der Waals surface area contributed by atoms with Gasteiger partial charge in [-0.15, -0.1) is 0 Å². The summed E-state index contributed by atoms with van der Waals surface area (Å²) in [6.45, 7) is 0.905. The Bertz CT molecular complexity index is 795. The third-order valence-corrected chi connectivity index (χ3v) is 5.68. The molecule has 1 saturated heterocycles. The Morgan fingerprint density at radius 2 is 2.08 bits per heavy atom. The number of carbonyl (C=O) groups excluding carboxylic acids is 1. The summed E-state index contributed by atoms with van der Waals surface area (Å²) < 4.78 is 10.9. The number of allylic oxidation sites excluding steroid dienone is 2. The lowest BCUT2D eigenvalue weighted by atomic mass is 9.58. The number of likely N-dealkylation sites (N-methyl/N-ethyl adjacent to an activating group) is 1. The average Bonchev–Trinajstić information content (AvgIpc) is 2.58. The number of ketones is 1. The Morgan fingerprint density at radius 3 is 2.79 bits per heavy atom. The number of phenolic OH excluding ortho intramolecular Hbond substituents is 1. The molecule has 2 unspecified atom stereocenters. The van der Waals surface area contributed by atoms with Crippen LogP contribution in [0.25, 0.3) is 0 Å². The number of fused-ring (bicyclic) bond motifs is 1. The zero-order valence-corrected chi connectivity index (χ0v) is 14.1. The molecule has 1 heterocycles. The number of methoxy groups -OCH3 is 2. The van der Waals surface area contributed by atoms with Crippen LogP contribution >= 0.6 is 0 Å². The number of benzene rings is 1. The molecule has 24 heavy (non-hydrogen) atoms. The van der Waals surface area contributed by atoms with Gasteiger partial charge in [-0.3, -0.25) is 9.69 Å². The van der Waals surface area contributed by atoms with Crippen molar-refractivity contribution in [3.63, 3.8) is 0 Å². The number of hydrogen-bond donors (Lipinski definition) is 1. The Balaban J connectivity index is 2.05. The van der Waals surface area contributed by atoms with Gasteiger partial charge in [-0.25, -0.2) is 0 Å². The lowest BCUT2D eigenvalue weighted by Gasteiger charge is -2.52. The Morgan fingerprint density at radius 1 is 1.29 bits per heavy atom. The van der Waals surface area contributed by atoms with E-state index in [2.05, 4.69) is 11.9 Å². The minimum Gasteiger partial charge on any atom is -0.504 e. The number of hydrogen-bond acceptors (Lipinski definition) is 5. The third-order valence-electron chi connectivity index (χ3n) is 5.68. The number of nitrogens with zero attached hydrogens (tertiary/aromatic N) is 1. The molecule has 126 valence electrons. The maximum absolute atomic E-state index is 12.4. The fourth-order valence-corrected chi connectivity index (χ4v) is 4.53. The highest BCUT2D eigenvalue weighted by Crippen LogP contribution is 2.55. The highest BCUT2D eigenvalue weighted by molar-refractivity contribution is 6.05. The molecule has 2 aliphatic carbocycles. The molecule has 1 N–H and O–H groups in total. The number of aromatic hydroxyl groups is 1. The zero-order valence-electron chi connectivity index (χ0n) is 14.1. The van der Waals surface area contributed by atoms with Crippen LogP contribution in [-0.4, -0.2) is 49.6 Å². The second kappa shape index (κ2) is 5.11. The van der Waals surface area contributed by atoms with Crippen LogP contribution in [0.4, 0.5) is 0 Å². The van der Waals surface area contributed by atoms with Crippen LogP contribution in [-0.2, 0) is 21.4 Å². The number of rotatable bonds is 2. The molecule has 2 atom stereocenters. The van der Waals surface area contributed by atoms with E-state index in [1.54, 1.807) is 19.3 Å². The molecule has 0 amide bonds. The van der Waals surface area contributed by atoms with Gasteiger partial charge in [-0.2, -0.15) is 0 Å². The number of carbonyl (C=O) groups is 1. The van der Waals surface area contributed by atoms with Gasteiger partial charge in [-0.05, 0) is 55.8 Å². The maximum Gasteiger partial charge on any atom is 0.220 e. The first kappa shape index (κ1) is 15.3. The topological polar surface area (TPSA) is 59.0 Å².